The van der Waals surface area contributed by atoms with E-state index in [1.54, 1.807) is 0 Å². The van der Waals surface area contributed by atoms with Gasteiger partial charge in [-0.05, 0) is 77.0 Å². The Morgan fingerprint density at radius 1 is 0.596 bits per heavy atom. The van der Waals surface area contributed by atoms with E-state index in [9.17, 15) is 19.0 Å². The Morgan fingerprint density at radius 2 is 1.04 bits per heavy atom. The van der Waals surface area contributed by atoms with Crippen molar-refractivity contribution in [3.8, 4) is 0 Å². The lowest BCUT2D eigenvalue weighted by molar-refractivity contribution is -0.870. The number of unbranched alkanes of at least 4 members (excludes halogenated alkanes) is 14. The van der Waals surface area contributed by atoms with Gasteiger partial charge in [0, 0.05) is 12.8 Å². The molecule has 1 unspecified atom stereocenters. The molecule has 0 saturated heterocycles. The Morgan fingerprint density at radius 3 is 1.63 bits per heavy atom. The molecule has 10 heteroatoms. The predicted molar refractivity (Wildman–Crippen MR) is 215 cm³/mol. The molecule has 0 aliphatic carbocycles. The van der Waals surface area contributed by atoms with E-state index in [1.165, 1.54) is 51.4 Å². The van der Waals surface area contributed by atoms with E-state index in [4.69, 9.17) is 18.5 Å². The minimum absolute atomic E-state index is 0.0216. The van der Waals surface area contributed by atoms with Gasteiger partial charge in [-0.2, -0.15) is 0 Å². The third kappa shape index (κ3) is 37.7. The number of nitrogens with zero attached hydrogens (tertiary/aromatic N) is 1. The zero-order valence-corrected chi connectivity index (χ0v) is 34.7. The molecule has 0 radical (unpaired) electrons. The number of quaternary nitrogens is 1. The number of carbonyl (C=O) groups is 2. The highest BCUT2D eigenvalue weighted by Gasteiger charge is 2.27. The third-order valence-corrected chi connectivity index (χ3v) is 9.32. The maximum absolute atomic E-state index is 12.6. The van der Waals surface area contributed by atoms with Gasteiger partial charge in [-0.1, -0.05) is 114 Å². The summed E-state index contributed by atoms with van der Waals surface area (Å²) in [4.78, 5) is 35.2. The molecule has 0 fully saturated rings. The molecule has 52 heavy (non-hydrogen) atoms. The minimum atomic E-state index is -4.38. The molecular formula is C42H77NO8P+. The molecule has 0 aromatic rings. The van der Waals surface area contributed by atoms with Gasteiger partial charge in [0.1, 0.15) is 19.8 Å². The fourth-order valence-electron chi connectivity index (χ4n) is 5.07. The van der Waals surface area contributed by atoms with E-state index >= 15 is 0 Å². The van der Waals surface area contributed by atoms with E-state index in [2.05, 4.69) is 62.5 Å². The van der Waals surface area contributed by atoms with Crippen molar-refractivity contribution in [1.29, 1.82) is 0 Å². The average Bonchev–Trinajstić information content (AvgIpc) is 3.09. The van der Waals surface area contributed by atoms with Crippen molar-refractivity contribution in [2.24, 2.45) is 0 Å². The second-order valence-corrected chi connectivity index (χ2v) is 16.1. The number of esters is 2. The van der Waals surface area contributed by atoms with Crippen molar-refractivity contribution in [2.45, 2.75) is 161 Å². The Kier molecular flexibility index (Phi) is 33.4. The lowest BCUT2D eigenvalue weighted by Gasteiger charge is -2.24. The third-order valence-electron chi connectivity index (χ3n) is 8.33. The summed E-state index contributed by atoms with van der Waals surface area (Å²) in [6, 6.07) is 0. The number of ether oxygens (including phenoxy) is 2. The lowest BCUT2D eigenvalue weighted by atomic mass is 10.1. The van der Waals surface area contributed by atoms with Crippen molar-refractivity contribution >= 4 is 19.8 Å². The van der Waals surface area contributed by atoms with Gasteiger partial charge in [-0.15, -0.1) is 0 Å². The van der Waals surface area contributed by atoms with Crippen molar-refractivity contribution in [3.05, 3.63) is 48.6 Å². The molecule has 302 valence electrons. The first-order valence-corrected chi connectivity index (χ1v) is 21.9. The highest BCUT2D eigenvalue weighted by atomic mass is 31.2. The van der Waals surface area contributed by atoms with Crippen LogP contribution in [0.5, 0.6) is 0 Å². The molecule has 0 amide bonds. The van der Waals surface area contributed by atoms with Crippen molar-refractivity contribution in [3.63, 3.8) is 0 Å². The summed E-state index contributed by atoms with van der Waals surface area (Å²) in [6.07, 6.45) is 38.7. The molecule has 0 aromatic carbocycles. The van der Waals surface area contributed by atoms with Crippen LogP contribution in [0.4, 0.5) is 0 Å². The number of likely N-dealkylation sites (N-methyl/N-ethyl adjacent to an activating group) is 1. The fourth-order valence-corrected chi connectivity index (χ4v) is 5.81. The van der Waals surface area contributed by atoms with E-state index in [1.807, 2.05) is 21.1 Å². The maximum Gasteiger partial charge on any atom is 0.472 e. The normalized spacial score (nSPS) is 14.2. The first kappa shape index (κ1) is 50.0. The molecule has 0 rings (SSSR count). The number of phosphoric ester groups is 1. The highest BCUT2D eigenvalue weighted by molar-refractivity contribution is 7.47. The molecule has 1 N–H and O–H groups in total. The number of hydrogen-bond acceptors (Lipinski definition) is 7. The summed E-state index contributed by atoms with van der Waals surface area (Å²) in [5.74, 6) is -0.858. The van der Waals surface area contributed by atoms with Crippen LogP contribution >= 0.6 is 7.82 Å². The Balaban J connectivity index is 4.51. The van der Waals surface area contributed by atoms with Crippen LogP contribution in [0.3, 0.4) is 0 Å². The molecule has 0 aliphatic rings. The Bertz CT molecular complexity index is 1030. The van der Waals surface area contributed by atoms with Gasteiger partial charge in [-0.3, -0.25) is 18.6 Å². The Hall–Kier alpha value is -2.03. The van der Waals surface area contributed by atoms with Gasteiger partial charge in [0.25, 0.3) is 0 Å². The second-order valence-electron chi connectivity index (χ2n) is 14.7. The summed E-state index contributed by atoms with van der Waals surface area (Å²) < 4.78 is 34.1. The van der Waals surface area contributed by atoms with Gasteiger partial charge in [0.05, 0.1) is 27.7 Å². The lowest BCUT2D eigenvalue weighted by Crippen LogP contribution is -2.37. The van der Waals surface area contributed by atoms with Crippen LogP contribution in [0.1, 0.15) is 155 Å². The average molecular weight is 755 g/mol. The summed E-state index contributed by atoms with van der Waals surface area (Å²) in [6.45, 7) is 4.30. The van der Waals surface area contributed by atoms with Crippen molar-refractivity contribution < 1.29 is 42.1 Å². The molecule has 0 aromatic heterocycles. The van der Waals surface area contributed by atoms with Crippen molar-refractivity contribution in [2.75, 3.05) is 47.5 Å². The molecule has 0 bridgehead atoms. The molecule has 9 nitrogen and oxygen atoms in total. The minimum Gasteiger partial charge on any atom is -0.462 e. The topological polar surface area (TPSA) is 108 Å². The summed E-state index contributed by atoms with van der Waals surface area (Å²) in [5.41, 5.74) is 0. The van der Waals surface area contributed by atoms with E-state index in [0.29, 0.717) is 17.4 Å². The molecular weight excluding hydrogens is 677 g/mol. The molecule has 2 atom stereocenters. The fraction of sp³-hybridized carbons (Fsp3) is 0.762. The van der Waals surface area contributed by atoms with E-state index in [0.717, 1.165) is 70.6 Å². The first-order valence-electron chi connectivity index (χ1n) is 20.4. The van der Waals surface area contributed by atoms with E-state index in [-0.39, 0.29) is 32.0 Å². The number of phosphoric acid groups is 1. The van der Waals surface area contributed by atoms with Crippen LogP contribution < -0.4 is 0 Å². The number of allylic oxidation sites excluding steroid dienone is 8. The highest BCUT2D eigenvalue weighted by Crippen LogP contribution is 2.43. The quantitative estimate of drug-likeness (QED) is 0.0221. The smallest absolute Gasteiger partial charge is 0.462 e. The summed E-state index contributed by atoms with van der Waals surface area (Å²) in [7, 11) is 1.44. The van der Waals surface area contributed by atoms with Gasteiger partial charge in [-0.25, -0.2) is 4.57 Å². The monoisotopic (exact) mass is 755 g/mol. The molecule has 0 heterocycles. The van der Waals surface area contributed by atoms with Gasteiger partial charge in [0.15, 0.2) is 6.10 Å². The zero-order valence-electron chi connectivity index (χ0n) is 33.8. The SMILES string of the molecule is CCCCC/C=C/C/C=C/C/C=C/CCCCC(=O)O[C@H](COC(=O)CCCCCCC/C=C/CCCCCC)COP(=O)(O)OCC[N+](C)(C)C. The zero-order chi connectivity index (χ0) is 38.6. The predicted octanol–water partition coefficient (Wildman–Crippen LogP) is 11.1. The number of carbonyl (C=O) groups excluding carboxylic acids is 2. The van der Waals surface area contributed by atoms with Crippen LogP contribution in [0, 0.1) is 0 Å². The summed E-state index contributed by atoms with van der Waals surface area (Å²) >= 11 is 0. The number of hydrogen-bond donors (Lipinski definition) is 1. The first-order chi connectivity index (χ1) is 25.0. The van der Waals surface area contributed by atoms with Gasteiger partial charge >= 0.3 is 19.8 Å². The van der Waals surface area contributed by atoms with E-state index < -0.39 is 26.5 Å². The van der Waals surface area contributed by atoms with Crippen LogP contribution in [-0.4, -0.2) is 74.9 Å². The van der Waals surface area contributed by atoms with Crippen LogP contribution in [0.25, 0.3) is 0 Å². The van der Waals surface area contributed by atoms with Crippen LogP contribution in [-0.2, 0) is 32.7 Å². The maximum atomic E-state index is 12.6. The second kappa shape index (κ2) is 34.7. The Labute approximate surface area is 318 Å². The van der Waals surface area contributed by atoms with Crippen LogP contribution in [0.2, 0.25) is 0 Å². The van der Waals surface area contributed by atoms with Gasteiger partial charge < -0.3 is 18.9 Å². The number of rotatable bonds is 36. The largest absolute Gasteiger partial charge is 0.472 e. The summed E-state index contributed by atoms with van der Waals surface area (Å²) in [5, 5.41) is 0. The molecule has 0 spiro atoms. The molecule has 0 aliphatic heterocycles. The molecule has 0 saturated carbocycles. The van der Waals surface area contributed by atoms with Crippen LogP contribution in [0.15, 0.2) is 48.6 Å². The van der Waals surface area contributed by atoms with Gasteiger partial charge in [0.2, 0.25) is 0 Å². The van der Waals surface area contributed by atoms with Crippen molar-refractivity contribution in [1.82, 2.24) is 0 Å². The standard InChI is InChI=1S/C42H76NO8P/c1-6-8-10-12-14-16-18-20-21-23-25-27-29-31-33-35-42(45)51-40(39-50-52(46,47)49-37-36-43(3,4)5)38-48-41(44)34-32-30-28-26-24-22-19-17-15-13-11-9-7-2/h14,16-17,19-21,25,27,40H,6-13,15,18,22-24,26,28-39H2,1-5H3/p+1/b16-14+,19-17+,21-20+,27-25+/t40-/m1/s1.